The largest absolute Gasteiger partial charge is 0.490 e. The molecule has 2 atom stereocenters. The molecular formula is C16H24ClNO. The Balaban J connectivity index is 2.07. The van der Waals surface area contributed by atoms with Crippen LogP contribution in [-0.4, -0.2) is 19.2 Å². The molecule has 0 aromatic heterocycles. The van der Waals surface area contributed by atoms with Crippen molar-refractivity contribution in [2.24, 2.45) is 11.8 Å². The standard InChI is InChI=1S/C16H24ClNO/c1-11(2)8-16(13-6-7-18-10-13)19-14-4-5-15(17)12(3)9-14/h4-5,9,11,13,16,18H,6-8,10H2,1-3H3/t13-,16+/m0/s1. The van der Waals surface area contributed by atoms with E-state index >= 15 is 0 Å². The Labute approximate surface area is 121 Å². The number of ether oxygens (including phenoxy) is 1. The van der Waals surface area contributed by atoms with Gasteiger partial charge in [0.05, 0.1) is 0 Å². The van der Waals surface area contributed by atoms with E-state index in [4.69, 9.17) is 16.3 Å². The summed E-state index contributed by atoms with van der Waals surface area (Å²) in [7, 11) is 0. The number of benzene rings is 1. The third kappa shape index (κ3) is 4.12. The first-order valence-electron chi connectivity index (χ1n) is 7.19. The zero-order valence-corrected chi connectivity index (χ0v) is 12.8. The molecule has 0 bridgehead atoms. The highest BCUT2D eigenvalue weighted by Gasteiger charge is 2.27. The lowest BCUT2D eigenvalue weighted by Gasteiger charge is -2.26. The van der Waals surface area contributed by atoms with Crippen LogP contribution < -0.4 is 10.1 Å². The predicted octanol–water partition coefficient (Wildman–Crippen LogP) is 4.05. The monoisotopic (exact) mass is 281 g/mol. The van der Waals surface area contributed by atoms with Crippen LogP contribution in [0, 0.1) is 18.8 Å². The SMILES string of the molecule is Cc1cc(O[C@H](CC(C)C)[C@H]2CCNC2)ccc1Cl. The summed E-state index contributed by atoms with van der Waals surface area (Å²) in [5, 5.41) is 4.23. The maximum atomic E-state index is 6.25. The molecule has 1 saturated heterocycles. The Morgan fingerprint density at radius 1 is 1.42 bits per heavy atom. The predicted molar refractivity (Wildman–Crippen MR) is 81.0 cm³/mol. The van der Waals surface area contributed by atoms with Crippen molar-refractivity contribution in [2.45, 2.75) is 39.7 Å². The normalized spacial score (nSPS) is 20.8. The summed E-state index contributed by atoms with van der Waals surface area (Å²) < 4.78 is 6.25. The number of halogens is 1. The average molecular weight is 282 g/mol. The molecule has 3 heteroatoms. The van der Waals surface area contributed by atoms with E-state index < -0.39 is 0 Å². The molecule has 1 aromatic carbocycles. The van der Waals surface area contributed by atoms with Gasteiger partial charge in [0.15, 0.2) is 0 Å². The zero-order valence-electron chi connectivity index (χ0n) is 12.1. The summed E-state index contributed by atoms with van der Waals surface area (Å²) in [5.74, 6) is 2.22. The molecule has 0 saturated carbocycles. The van der Waals surface area contributed by atoms with Crippen molar-refractivity contribution in [2.75, 3.05) is 13.1 Å². The third-order valence-corrected chi connectivity index (χ3v) is 4.17. The Bertz CT molecular complexity index is 413. The van der Waals surface area contributed by atoms with Crippen LogP contribution in [0.1, 0.15) is 32.3 Å². The van der Waals surface area contributed by atoms with Gasteiger partial charge in [-0.25, -0.2) is 0 Å². The first-order valence-corrected chi connectivity index (χ1v) is 7.57. The summed E-state index contributed by atoms with van der Waals surface area (Å²) in [6, 6.07) is 5.94. The molecule has 0 spiro atoms. The zero-order chi connectivity index (χ0) is 13.8. The molecule has 0 unspecified atom stereocenters. The second kappa shape index (κ2) is 6.62. The summed E-state index contributed by atoms with van der Waals surface area (Å²) in [5.41, 5.74) is 1.08. The molecule has 1 aliphatic rings. The molecule has 2 nitrogen and oxygen atoms in total. The quantitative estimate of drug-likeness (QED) is 0.879. The molecular weight excluding hydrogens is 258 g/mol. The fourth-order valence-corrected chi connectivity index (χ4v) is 2.78. The molecule has 0 aliphatic carbocycles. The van der Waals surface area contributed by atoms with E-state index in [0.717, 1.165) is 35.8 Å². The lowest BCUT2D eigenvalue weighted by molar-refractivity contribution is 0.119. The topological polar surface area (TPSA) is 21.3 Å². The Hall–Kier alpha value is -0.730. The van der Waals surface area contributed by atoms with Crippen molar-refractivity contribution in [1.29, 1.82) is 0 Å². The van der Waals surface area contributed by atoms with Gasteiger partial charge >= 0.3 is 0 Å². The van der Waals surface area contributed by atoms with E-state index in [0.29, 0.717) is 17.9 Å². The second-order valence-electron chi connectivity index (χ2n) is 5.95. The van der Waals surface area contributed by atoms with Crippen LogP contribution in [0.5, 0.6) is 5.75 Å². The first kappa shape index (κ1) is 14.7. The van der Waals surface area contributed by atoms with Crippen molar-refractivity contribution in [1.82, 2.24) is 5.32 Å². The minimum Gasteiger partial charge on any atom is -0.490 e. The van der Waals surface area contributed by atoms with Crippen molar-refractivity contribution in [3.8, 4) is 5.75 Å². The molecule has 19 heavy (non-hydrogen) atoms. The number of rotatable bonds is 5. The van der Waals surface area contributed by atoms with Crippen molar-refractivity contribution in [3.63, 3.8) is 0 Å². The number of hydrogen-bond donors (Lipinski definition) is 1. The maximum absolute atomic E-state index is 6.25. The second-order valence-corrected chi connectivity index (χ2v) is 6.36. The fraction of sp³-hybridized carbons (Fsp3) is 0.625. The fourth-order valence-electron chi connectivity index (χ4n) is 2.66. The maximum Gasteiger partial charge on any atom is 0.120 e. The van der Waals surface area contributed by atoms with Gasteiger partial charge in [0.1, 0.15) is 11.9 Å². The van der Waals surface area contributed by atoms with Gasteiger partial charge in [0.2, 0.25) is 0 Å². The number of hydrogen-bond acceptors (Lipinski definition) is 2. The summed E-state index contributed by atoms with van der Waals surface area (Å²) in [4.78, 5) is 0. The highest BCUT2D eigenvalue weighted by molar-refractivity contribution is 6.31. The highest BCUT2D eigenvalue weighted by atomic mass is 35.5. The van der Waals surface area contributed by atoms with E-state index in [1.165, 1.54) is 6.42 Å². The van der Waals surface area contributed by atoms with Gasteiger partial charge in [0, 0.05) is 17.5 Å². The summed E-state index contributed by atoms with van der Waals surface area (Å²) >= 11 is 6.06. The van der Waals surface area contributed by atoms with E-state index in [9.17, 15) is 0 Å². The summed E-state index contributed by atoms with van der Waals surface area (Å²) in [6.45, 7) is 8.72. The van der Waals surface area contributed by atoms with Crippen molar-refractivity contribution in [3.05, 3.63) is 28.8 Å². The number of nitrogens with one attached hydrogen (secondary N) is 1. The highest BCUT2D eigenvalue weighted by Crippen LogP contribution is 2.27. The van der Waals surface area contributed by atoms with E-state index in [1.807, 2.05) is 25.1 Å². The molecule has 106 valence electrons. The van der Waals surface area contributed by atoms with Gasteiger partial charge in [-0.2, -0.15) is 0 Å². The van der Waals surface area contributed by atoms with Crippen molar-refractivity contribution >= 4 is 11.6 Å². The van der Waals surface area contributed by atoms with Crippen LogP contribution in [0.4, 0.5) is 0 Å². The van der Waals surface area contributed by atoms with E-state index in [1.54, 1.807) is 0 Å². The molecule has 2 rings (SSSR count). The average Bonchev–Trinajstić information content (AvgIpc) is 2.86. The van der Waals surface area contributed by atoms with Crippen LogP contribution in [0.3, 0.4) is 0 Å². The molecule has 1 aliphatic heterocycles. The van der Waals surface area contributed by atoms with Gasteiger partial charge in [-0.3, -0.25) is 0 Å². The number of aryl methyl sites for hydroxylation is 1. The molecule has 1 aromatic rings. The van der Waals surface area contributed by atoms with Gasteiger partial charge in [0.25, 0.3) is 0 Å². The third-order valence-electron chi connectivity index (χ3n) is 3.74. The van der Waals surface area contributed by atoms with Crippen LogP contribution in [0.15, 0.2) is 18.2 Å². The van der Waals surface area contributed by atoms with E-state index in [2.05, 4.69) is 19.2 Å². The van der Waals surface area contributed by atoms with Gasteiger partial charge in [-0.15, -0.1) is 0 Å². The molecule has 1 heterocycles. The first-order chi connectivity index (χ1) is 9.06. The van der Waals surface area contributed by atoms with E-state index in [-0.39, 0.29) is 0 Å². The molecule has 1 fully saturated rings. The lowest BCUT2D eigenvalue weighted by Crippen LogP contribution is -2.30. The Morgan fingerprint density at radius 3 is 2.79 bits per heavy atom. The Kier molecular flexibility index (Phi) is 5.12. The van der Waals surface area contributed by atoms with Crippen LogP contribution in [-0.2, 0) is 0 Å². The molecule has 1 N–H and O–H groups in total. The molecule has 0 amide bonds. The van der Waals surface area contributed by atoms with Crippen LogP contribution >= 0.6 is 11.6 Å². The Morgan fingerprint density at radius 2 is 2.21 bits per heavy atom. The smallest absolute Gasteiger partial charge is 0.120 e. The van der Waals surface area contributed by atoms with Crippen LogP contribution in [0.2, 0.25) is 5.02 Å². The van der Waals surface area contributed by atoms with Gasteiger partial charge in [-0.05, 0) is 56.0 Å². The van der Waals surface area contributed by atoms with Gasteiger partial charge < -0.3 is 10.1 Å². The lowest BCUT2D eigenvalue weighted by atomic mass is 9.93. The minimum atomic E-state index is 0.301. The van der Waals surface area contributed by atoms with Crippen LogP contribution in [0.25, 0.3) is 0 Å². The minimum absolute atomic E-state index is 0.301. The van der Waals surface area contributed by atoms with Crippen molar-refractivity contribution < 1.29 is 4.74 Å². The molecule has 0 radical (unpaired) electrons. The van der Waals surface area contributed by atoms with Gasteiger partial charge in [-0.1, -0.05) is 25.4 Å². The summed E-state index contributed by atoms with van der Waals surface area (Å²) in [6.07, 6.45) is 2.62.